The van der Waals surface area contributed by atoms with E-state index in [9.17, 15) is 22.8 Å². The van der Waals surface area contributed by atoms with Gasteiger partial charge in [0, 0.05) is 25.2 Å². The van der Waals surface area contributed by atoms with Crippen LogP contribution in [0.5, 0.6) is 0 Å². The summed E-state index contributed by atoms with van der Waals surface area (Å²) in [7, 11) is 0. The molecule has 2 bridgehead atoms. The minimum Gasteiger partial charge on any atom is -0.366 e. The molecule has 0 aromatic carbocycles. The number of amides is 2. The number of carbonyl (C=O) groups is 2. The number of aromatic amines is 1. The molecule has 9 nitrogen and oxygen atoms in total. The van der Waals surface area contributed by atoms with Crippen LogP contribution >= 0.6 is 0 Å². The Morgan fingerprint density at radius 1 is 1.26 bits per heavy atom. The Balaban J connectivity index is 1.49. The molecule has 5 rings (SSSR count). The van der Waals surface area contributed by atoms with Gasteiger partial charge in [0.25, 0.3) is 0 Å². The zero-order valence-corrected chi connectivity index (χ0v) is 19.4. The Morgan fingerprint density at radius 2 is 2.03 bits per heavy atom. The van der Waals surface area contributed by atoms with Gasteiger partial charge in [0.05, 0.1) is 23.0 Å². The molecule has 3 aromatic heterocycles. The first-order valence-corrected chi connectivity index (χ1v) is 11.3. The van der Waals surface area contributed by atoms with E-state index in [1.54, 1.807) is 13.0 Å². The number of hydrogen-bond donors (Lipinski definition) is 2. The Bertz CT molecular complexity index is 1340. The van der Waals surface area contributed by atoms with Crippen LogP contribution < -0.4 is 15.1 Å². The highest BCUT2D eigenvalue weighted by atomic mass is 19.4. The third-order valence-corrected chi connectivity index (χ3v) is 6.58. The molecule has 2 aliphatic heterocycles. The Labute approximate surface area is 198 Å². The van der Waals surface area contributed by atoms with Gasteiger partial charge >= 0.3 is 12.2 Å². The fraction of sp³-hybridized carbons (Fsp3) is 0.435. The van der Waals surface area contributed by atoms with Gasteiger partial charge in [-0.15, -0.1) is 0 Å². The van der Waals surface area contributed by atoms with Crippen LogP contribution in [0.3, 0.4) is 0 Å². The molecular formula is C23H24F3N7O2. The summed E-state index contributed by atoms with van der Waals surface area (Å²) in [4.78, 5) is 38.6. The molecule has 2 aliphatic rings. The average molecular weight is 487 g/mol. The number of halogens is 3. The lowest BCUT2D eigenvalue weighted by Crippen LogP contribution is -2.48. The van der Waals surface area contributed by atoms with E-state index in [-0.39, 0.29) is 17.6 Å². The maximum atomic E-state index is 13.5. The van der Waals surface area contributed by atoms with Gasteiger partial charge in [-0.2, -0.15) is 18.3 Å². The fourth-order valence-corrected chi connectivity index (χ4v) is 4.70. The maximum absolute atomic E-state index is 13.5. The molecule has 0 radical (unpaired) electrons. The van der Waals surface area contributed by atoms with Crippen molar-refractivity contribution >= 4 is 40.2 Å². The number of fused-ring (bicyclic) bond motifs is 5. The fourth-order valence-electron chi connectivity index (χ4n) is 4.70. The summed E-state index contributed by atoms with van der Waals surface area (Å²) in [5.41, 5.74) is 2.64. The SMILES string of the molecule is Cc1ccc2c(NC(=O)N3c4nc(C(=O)C[C@H](C)C(F)(F)F)cc(C)c4N4CC[C@H]3C4)n[nH]c2n1. The normalized spacial score (nSPS) is 18.1. The van der Waals surface area contributed by atoms with E-state index in [2.05, 4.69) is 30.4 Å². The number of nitrogens with one attached hydrogen (secondary N) is 2. The Kier molecular flexibility index (Phi) is 5.41. The number of alkyl halides is 3. The highest BCUT2D eigenvalue weighted by Crippen LogP contribution is 2.42. The first-order valence-electron chi connectivity index (χ1n) is 11.3. The Morgan fingerprint density at radius 3 is 2.77 bits per heavy atom. The maximum Gasteiger partial charge on any atom is 0.391 e. The molecule has 3 aromatic rings. The lowest BCUT2D eigenvalue weighted by atomic mass is 10.0. The molecule has 0 unspecified atom stereocenters. The van der Waals surface area contributed by atoms with Crippen molar-refractivity contribution in [2.45, 2.75) is 45.8 Å². The van der Waals surface area contributed by atoms with E-state index >= 15 is 0 Å². The van der Waals surface area contributed by atoms with E-state index in [0.29, 0.717) is 47.6 Å². The van der Waals surface area contributed by atoms with Gasteiger partial charge < -0.3 is 4.90 Å². The largest absolute Gasteiger partial charge is 0.391 e. The molecule has 0 aliphatic carbocycles. The molecule has 2 atom stereocenters. The number of H-pyrrole nitrogens is 1. The third kappa shape index (κ3) is 4.06. The number of nitrogens with zero attached hydrogens (tertiary/aromatic N) is 5. The predicted molar refractivity (Wildman–Crippen MR) is 124 cm³/mol. The average Bonchev–Trinajstić information content (AvgIpc) is 3.37. The van der Waals surface area contributed by atoms with Crippen molar-refractivity contribution in [3.8, 4) is 0 Å². The van der Waals surface area contributed by atoms with Crippen LogP contribution in [-0.2, 0) is 0 Å². The van der Waals surface area contributed by atoms with Crippen LogP contribution in [0.25, 0.3) is 11.0 Å². The minimum atomic E-state index is -4.48. The summed E-state index contributed by atoms with van der Waals surface area (Å²) < 4.78 is 39.0. The van der Waals surface area contributed by atoms with Gasteiger partial charge in [-0.05, 0) is 44.0 Å². The van der Waals surface area contributed by atoms with E-state index in [0.717, 1.165) is 12.6 Å². The molecule has 35 heavy (non-hydrogen) atoms. The summed E-state index contributed by atoms with van der Waals surface area (Å²) in [6, 6.07) is 4.45. The number of aryl methyl sites for hydroxylation is 2. The van der Waals surface area contributed by atoms with Crippen LogP contribution in [0.1, 0.15) is 41.5 Å². The second-order valence-electron chi connectivity index (χ2n) is 9.18. The highest BCUT2D eigenvalue weighted by molar-refractivity contribution is 6.08. The zero-order valence-electron chi connectivity index (χ0n) is 19.4. The molecular weight excluding hydrogens is 463 g/mol. The smallest absolute Gasteiger partial charge is 0.366 e. The lowest BCUT2D eigenvalue weighted by Gasteiger charge is -2.36. The van der Waals surface area contributed by atoms with Gasteiger partial charge in [0.2, 0.25) is 0 Å². The van der Waals surface area contributed by atoms with Gasteiger partial charge in [0.1, 0.15) is 5.69 Å². The van der Waals surface area contributed by atoms with Crippen molar-refractivity contribution < 1.29 is 22.8 Å². The first-order chi connectivity index (χ1) is 16.5. The van der Waals surface area contributed by atoms with E-state index in [4.69, 9.17) is 0 Å². The third-order valence-electron chi connectivity index (χ3n) is 6.58. The predicted octanol–water partition coefficient (Wildman–Crippen LogP) is 4.37. The van der Waals surface area contributed by atoms with Gasteiger partial charge in [0.15, 0.2) is 23.1 Å². The number of rotatable bonds is 4. The van der Waals surface area contributed by atoms with E-state index < -0.39 is 30.3 Å². The standard InChI is InChI=1S/C23H24F3N7O2/c1-11-8-16(17(34)9-12(2)23(24,25)26)28-21-18(11)32-7-6-14(10-32)33(21)22(35)29-20-15-5-4-13(3)27-19(15)30-31-20/h4-5,8,12,14H,6-7,9-10H2,1-3H3,(H2,27,29,30,31,35)/t12-,14-/m0/s1. The van der Waals surface area contributed by atoms with Gasteiger partial charge in [-0.3, -0.25) is 20.1 Å². The molecule has 184 valence electrons. The molecule has 0 saturated carbocycles. The number of pyridine rings is 2. The summed E-state index contributed by atoms with van der Waals surface area (Å²) >= 11 is 0. The molecule has 12 heteroatoms. The summed E-state index contributed by atoms with van der Waals surface area (Å²) in [6.07, 6.45) is -4.49. The minimum absolute atomic E-state index is 0.0810. The van der Waals surface area contributed by atoms with Crippen molar-refractivity contribution in [2.24, 2.45) is 5.92 Å². The van der Waals surface area contributed by atoms with Gasteiger partial charge in [-0.25, -0.2) is 14.8 Å². The van der Waals surface area contributed by atoms with Crippen LogP contribution in [0.15, 0.2) is 18.2 Å². The van der Waals surface area contributed by atoms with E-state index in [1.807, 2.05) is 13.0 Å². The number of anilines is 3. The highest BCUT2D eigenvalue weighted by Gasteiger charge is 2.42. The summed E-state index contributed by atoms with van der Waals surface area (Å²) in [6.45, 7) is 5.89. The van der Waals surface area contributed by atoms with Crippen LogP contribution in [0.2, 0.25) is 0 Å². The molecule has 2 amide bonds. The van der Waals surface area contributed by atoms with Crippen molar-refractivity contribution in [3.63, 3.8) is 0 Å². The second kappa shape index (κ2) is 8.21. The summed E-state index contributed by atoms with van der Waals surface area (Å²) in [5, 5.41) is 10.4. The van der Waals surface area contributed by atoms with Crippen molar-refractivity contribution in [1.82, 2.24) is 20.2 Å². The van der Waals surface area contributed by atoms with Gasteiger partial charge in [-0.1, -0.05) is 6.92 Å². The number of ketones is 1. The van der Waals surface area contributed by atoms with E-state index in [1.165, 1.54) is 11.0 Å². The number of aromatic nitrogens is 4. The van der Waals surface area contributed by atoms with Crippen LogP contribution in [0, 0.1) is 19.8 Å². The van der Waals surface area contributed by atoms with Crippen LogP contribution in [0.4, 0.5) is 35.3 Å². The number of carbonyl (C=O) groups excluding carboxylic acids is 2. The zero-order chi connectivity index (χ0) is 25.1. The van der Waals surface area contributed by atoms with Crippen LogP contribution in [-0.4, -0.2) is 57.3 Å². The molecule has 2 N–H and O–H groups in total. The lowest BCUT2D eigenvalue weighted by molar-refractivity contribution is -0.168. The quantitative estimate of drug-likeness (QED) is 0.529. The number of Topliss-reactive ketones (excluding diaryl/α,β-unsaturated/α-hetero) is 1. The van der Waals surface area contributed by atoms with Crippen molar-refractivity contribution in [1.29, 1.82) is 0 Å². The monoisotopic (exact) mass is 487 g/mol. The molecule has 1 saturated heterocycles. The first kappa shape index (κ1) is 23.1. The molecule has 1 fully saturated rings. The number of hydrogen-bond acceptors (Lipinski definition) is 6. The summed E-state index contributed by atoms with van der Waals surface area (Å²) in [5.74, 6) is -1.93. The second-order valence-corrected chi connectivity index (χ2v) is 9.18. The molecule has 0 spiro atoms. The molecule has 5 heterocycles. The topological polar surface area (TPSA) is 107 Å². The van der Waals surface area contributed by atoms with Crippen molar-refractivity contribution in [2.75, 3.05) is 28.2 Å². The Hall–Kier alpha value is -3.70. The van der Waals surface area contributed by atoms with Crippen molar-refractivity contribution in [3.05, 3.63) is 35.2 Å². The number of urea groups is 1.